The van der Waals surface area contributed by atoms with Crippen molar-refractivity contribution in [1.29, 1.82) is 0 Å². The molecule has 20 heavy (non-hydrogen) atoms. The van der Waals surface area contributed by atoms with Gasteiger partial charge in [-0.05, 0) is 12.8 Å². The average Bonchev–Trinajstić information content (AvgIpc) is 2.73. The highest BCUT2D eigenvalue weighted by molar-refractivity contribution is 5.97. The van der Waals surface area contributed by atoms with E-state index in [9.17, 15) is 18.0 Å². The zero-order valence-corrected chi connectivity index (χ0v) is 11.5. The molecule has 0 bridgehead atoms. The fourth-order valence-corrected chi connectivity index (χ4v) is 1.79. The molecule has 0 aliphatic carbocycles. The van der Waals surface area contributed by atoms with Gasteiger partial charge in [0.2, 0.25) is 0 Å². The van der Waals surface area contributed by atoms with Crippen LogP contribution in [0.2, 0.25) is 0 Å². The number of nitrogens with zero attached hydrogens (tertiary/aromatic N) is 2. The van der Waals surface area contributed by atoms with E-state index < -0.39 is 18.6 Å². The van der Waals surface area contributed by atoms with E-state index in [0.717, 1.165) is 4.90 Å². The van der Waals surface area contributed by atoms with E-state index in [1.54, 1.807) is 0 Å². The molecule has 1 rings (SSSR count). The van der Waals surface area contributed by atoms with Gasteiger partial charge in [0.05, 0.1) is 11.4 Å². The Bertz CT molecular complexity index is 456. The predicted octanol–water partition coefficient (Wildman–Crippen LogP) is 2.36. The van der Waals surface area contributed by atoms with Crippen molar-refractivity contribution in [1.82, 2.24) is 15.1 Å². The molecule has 0 aromatic carbocycles. The van der Waals surface area contributed by atoms with E-state index >= 15 is 0 Å². The Balaban J connectivity index is 2.94. The maximum atomic E-state index is 12.5. The van der Waals surface area contributed by atoms with E-state index in [1.165, 1.54) is 0 Å². The van der Waals surface area contributed by atoms with E-state index in [0.29, 0.717) is 25.0 Å². The van der Waals surface area contributed by atoms with E-state index in [4.69, 9.17) is 5.73 Å². The highest BCUT2D eigenvalue weighted by atomic mass is 19.4. The number of nitrogens with one attached hydrogen (secondary N) is 1. The third kappa shape index (κ3) is 4.14. The highest BCUT2D eigenvalue weighted by Crippen LogP contribution is 2.21. The summed E-state index contributed by atoms with van der Waals surface area (Å²) in [6.07, 6.45) is -2.73. The zero-order valence-electron chi connectivity index (χ0n) is 11.5. The number of unbranched alkanes of at least 4 members (excludes halogenated alkanes) is 1. The second-order valence-electron chi connectivity index (χ2n) is 4.51. The minimum atomic E-state index is -4.44. The summed E-state index contributed by atoms with van der Waals surface area (Å²) in [5.41, 5.74) is 6.26. The lowest BCUT2D eigenvalue weighted by molar-refractivity contribution is -0.140. The Labute approximate surface area is 115 Å². The normalized spacial score (nSPS) is 11.7. The molecule has 1 aromatic rings. The molecule has 0 aliphatic heterocycles. The fourth-order valence-electron chi connectivity index (χ4n) is 1.79. The van der Waals surface area contributed by atoms with Crippen LogP contribution in [0.3, 0.4) is 0 Å². The minimum Gasteiger partial charge on any atom is -0.395 e. The van der Waals surface area contributed by atoms with Gasteiger partial charge in [0.25, 0.3) is 5.91 Å². The molecule has 0 atom stereocenters. The van der Waals surface area contributed by atoms with Gasteiger partial charge >= 0.3 is 6.18 Å². The smallest absolute Gasteiger partial charge is 0.395 e. The summed E-state index contributed by atoms with van der Waals surface area (Å²) < 4.78 is 37.6. The first-order chi connectivity index (χ1) is 9.30. The number of carbonyl (C=O) groups is 1. The monoisotopic (exact) mass is 292 g/mol. The number of amides is 1. The Kier molecular flexibility index (Phi) is 5.41. The molecular weight excluding hydrogens is 273 g/mol. The topological polar surface area (TPSA) is 75.0 Å². The third-order valence-corrected chi connectivity index (χ3v) is 2.88. The van der Waals surface area contributed by atoms with E-state index in [1.807, 2.05) is 13.8 Å². The number of carbonyl (C=O) groups excluding carboxylic acids is 1. The molecule has 1 amide bonds. The van der Waals surface area contributed by atoms with Crippen molar-refractivity contribution in [2.24, 2.45) is 0 Å². The first kappa shape index (κ1) is 16.3. The number of rotatable bonds is 6. The van der Waals surface area contributed by atoms with Crippen molar-refractivity contribution in [3.05, 3.63) is 11.4 Å². The third-order valence-electron chi connectivity index (χ3n) is 2.88. The molecule has 0 saturated carbocycles. The Morgan fingerprint density at radius 2 is 2.05 bits per heavy atom. The molecule has 0 unspecified atom stereocenters. The number of halogens is 3. The van der Waals surface area contributed by atoms with Gasteiger partial charge in [-0.25, -0.2) is 0 Å². The molecule has 1 aromatic heterocycles. The molecule has 114 valence electrons. The Morgan fingerprint density at radius 1 is 1.40 bits per heavy atom. The lowest BCUT2D eigenvalue weighted by Gasteiger charge is -2.23. The standard InChI is InChI=1S/C12H19F3N4O/c1-3-5-6-19(7-12(13,14)15)11(20)10-9(16)8(4-2)17-18-10/h3-7,16H2,1-2H3,(H,17,18). The van der Waals surface area contributed by atoms with Crippen molar-refractivity contribution < 1.29 is 18.0 Å². The summed E-state index contributed by atoms with van der Waals surface area (Å²) in [4.78, 5) is 12.9. The largest absolute Gasteiger partial charge is 0.406 e. The molecule has 1 heterocycles. The number of nitrogen functional groups attached to an aromatic ring is 1. The lowest BCUT2D eigenvalue weighted by Crippen LogP contribution is -2.40. The van der Waals surface area contributed by atoms with Crippen LogP contribution < -0.4 is 5.73 Å². The summed E-state index contributed by atoms with van der Waals surface area (Å²) in [6.45, 7) is 2.39. The van der Waals surface area contributed by atoms with Gasteiger partial charge in [0.1, 0.15) is 6.54 Å². The fraction of sp³-hybridized carbons (Fsp3) is 0.667. The lowest BCUT2D eigenvalue weighted by atomic mass is 10.2. The number of aromatic amines is 1. The van der Waals surface area contributed by atoms with Crippen molar-refractivity contribution >= 4 is 11.6 Å². The van der Waals surface area contributed by atoms with E-state index in [2.05, 4.69) is 10.2 Å². The second kappa shape index (κ2) is 6.62. The van der Waals surface area contributed by atoms with Crippen LogP contribution in [0.5, 0.6) is 0 Å². The van der Waals surface area contributed by atoms with Crippen molar-refractivity contribution in [2.45, 2.75) is 39.3 Å². The van der Waals surface area contributed by atoms with Crippen LogP contribution in [-0.4, -0.2) is 40.3 Å². The molecule has 8 heteroatoms. The summed E-state index contributed by atoms with van der Waals surface area (Å²) in [7, 11) is 0. The van der Waals surface area contributed by atoms with Crippen LogP contribution in [-0.2, 0) is 6.42 Å². The predicted molar refractivity (Wildman–Crippen MR) is 69.2 cm³/mol. The highest BCUT2D eigenvalue weighted by Gasteiger charge is 2.34. The SMILES string of the molecule is CCCCN(CC(F)(F)F)C(=O)c1n[nH]c(CC)c1N. The molecule has 0 spiro atoms. The van der Waals surface area contributed by atoms with Crippen LogP contribution in [0.25, 0.3) is 0 Å². The quantitative estimate of drug-likeness (QED) is 0.845. The summed E-state index contributed by atoms with van der Waals surface area (Å²) in [5.74, 6) is -0.788. The number of hydrogen-bond acceptors (Lipinski definition) is 3. The van der Waals surface area contributed by atoms with Crippen molar-refractivity contribution in [3.8, 4) is 0 Å². The summed E-state index contributed by atoms with van der Waals surface area (Å²) in [5, 5.41) is 6.31. The van der Waals surface area contributed by atoms with Gasteiger partial charge in [-0.3, -0.25) is 9.89 Å². The zero-order chi connectivity index (χ0) is 15.3. The number of aromatic nitrogens is 2. The van der Waals surface area contributed by atoms with Gasteiger partial charge in [0.15, 0.2) is 5.69 Å². The maximum Gasteiger partial charge on any atom is 0.406 e. The number of nitrogens with two attached hydrogens (primary N) is 1. The van der Waals surface area contributed by atoms with Crippen molar-refractivity contribution in [3.63, 3.8) is 0 Å². The van der Waals surface area contributed by atoms with E-state index in [-0.39, 0.29) is 17.9 Å². The number of aryl methyl sites for hydroxylation is 1. The van der Waals surface area contributed by atoms with Crippen LogP contribution in [0.1, 0.15) is 42.9 Å². The first-order valence-corrected chi connectivity index (χ1v) is 6.48. The molecule has 0 saturated heterocycles. The molecule has 0 fully saturated rings. The molecule has 3 N–H and O–H groups in total. The first-order valence-electron chi connectivity index (χ1n) is 6.48. The summed E-state index contributed by atoms with van der Waals surface area (Å²) in [6, 6.07) is 0. The number of H-pyrrole nitrogens is 1. The molecule has 0 aliphatic rings. The number of alkyl halides is 3. The van der Waals surface area contributed by atoms with Gasteiger partial charge < -0.3 is 10.6 Å². The number of anilines is 1. The maximum absolute atomic E-state index is 12.5. The Hall–Kier alpha value is -1.73. The van der Waals surface area contributed by atoms with Gasteiger partial charge in [0, 0.05) is 6.54 Å². The number of hydrogen-bond donors (Lipinski definition) is 2. The summed E-state index contributed by atoms with van der Waals surface area (Å²) >= 11 is 0. The molecule has 5 nitrogen and oxygen atoms in total. The Morgan fingerprint density at radius 3 is 2.50 bits per heavy atom. The molecule has 0 radical (unpaired) electrons. The minimum absolute atomic E-state index is 0.0304. The second-order valence-corrected chi connectivity index (χ2v) is 4.51. The van der Waals surface area contributed by atoms with Gasteiger partial charge in [-0.2, -0.15) is 18.3 Å². The van der Waals surface area contributed by atoms with Crippen LogP contribution >= 0.6 is 0 Å². The van der Waals surface area contributed by atoms with Crippen LogP contribution in [0, 0.1) is 0 Å². The van der Waals surface area contributed by atoms with Crippen molar-refractivity contribution in [2.75, 3.05) is 18.8 Å². The van der Waals surface area contributed by atoms with Gasteiger partial charge in [-0.15, -0.1) is 0 Å². The van der Waals surface area contributed by atoms with Crippen LogP contribution in [0.4, 0.5) is 18.9 Å². The average molecular weight is 292 g/mol. The van der Waals surface area contributed by atoms with Crippen LogP contribution in [0.15, 0.2) is 0 Å². The van der Waals surface area contributed by atoms with Gasteiger partial charge in [-0.1, -0.05) is 20.3 Å². The molecular formula is C12H19F3N4O.